The van der Waals surface area contributed by atoms with Gasteiger partial charge in [0.25, 0.3) is 5.91 Å². The molecule has 156 valence electrons. The van der Waals surface area contributed by atoms with Crippen molar-refractivity contribution in [3.8, 4) is 0 Å². The van der Waals surface area contributed by atoms with Crippen LogP contribution < -0.4 is 5.32 Å². The van der Waals surface area contributed by atoms with Crippen LogP contribution in [0.2, 0.25) is 0 Å². The third kappa shape index (κ3) is 6.17. The smallest absolute Gasteiger partial charge is 0.352 e. The lowest BCUT2D eigenvalue weighted by molar-refractivity contribution is -0.137. The highest BCUT2D eigenvalue weighted by Gasteiger charge is 2.31. The molecule has 1 amide bonds. The van der Waals surface area contributed by atoms with Gasteiger partial charge in [0.15, 0.2) is 5.16 Å². The molecule has 0 spiro atoms. The standard InChI is InChI=1S/C20H23F3N4OS/c1-29-19-25-10-15(11-26-19)13-27-7-3-4-14(12-27)9-24-18(28)16-5-2-6-17(8-16)20(21,22)23/h2,5-6,8,10-11,14H,3-4,7,9,12-13H2,1H3,(H,24,28). The molecule has 3 rings (SSSR count). The lowest BCUT2D eigenvalue weighted by Gasteiger charge is -2.32. The molecule has 1 atom stereocenters. The summed E-state index contributed by atoms with van der Waals surface area (Å²) in [6.07, 6.45) is 3.11. The number of halogens is 3. The molecule has 1 aromatic carbocycles. The minimum Gasteiger partial charge on any atom is -0.352 e. The molecule has 5 nitrogen and oxygen atoms in total. The van der Waals surface area contributed by atoms with Gasteiger partial charge in [0.1, 0.15) is 0 Å². The third-order valence-electron chi connectivity index (χ3n) is 4.88. The summed E-state index contributed by atoms with van der Waals surface area (Å²) < 4.78 is 38.5. The number of hydrogen-bond donors (Lipinski definition) is 1. The van der Waals surface area contributed by atoms with Crippen molar-refractivity contribution in [2.45, 2.75) is 30.7 Å². The van der Waals surface area contributed by atoms with Gasteiger partial charge in [0.05, 0.1) is 5.56 Å². The van der Waals surface area contributed by atoms with Gasteiger partial charge < -0.3 is 5.32 Å². The highest BCUT2D eigenvalue weighted by molar-refractivity contribution is 7.98. The van der Waals surface area contributed by atoms with Gasteiger partial charge in [-0.05, 0) is 49.8 Å². The number of carbonyl (C=O) groups excluding carboxylic acids is 1. The van der Waals surface area contributed by atoms with E-state index in [1.165, 1.54) is 23.9 Å². The Labute approximate surface area is 172 Å². The summed E-state index contributed by atoms with van der Waals surface area (Å²) in [7, 11) is 0. The molecular formula is C20H23F3N4OS. The second-order valence-electron chi connectivity index (χ2n) is 7.11. The molecule has 29 heavy (non-hydrogen) atoms. The number of thioether (sulfide) groups is 1. The van der Waals surface area contributed by atoms with Crippen LogP contribution in [0, 0.1) is 5.92 Å². The predicted octanol–water partition coefficient (Wildman–Crippen LogP) is 3.86. The molecule has 1 aromatic heterocycles. The van der Waals surface area contributed by atoms with E-state index in [0.717, 1.165) is 55.3 Å². The van der Waals surface area contributed by atoms with Crippen LogP contribution >= 0.6 is 11.8 Å². The molecule has 9 heteroatoms. The lowest BCUT2D eigenvalue weighted by atomic mass is 9.97. The zero-order valence-electron chi connectivity index (χ0n) is 16.1. The fourth-order valence-electron chi connectivity index (χ4n) is 3.43. The van der Waals surface area contributed by atoms with E-state index < -0.39 is 17.6 Å². The summed E-state index contributed by atoms with van der Waals surface area (Å²) >= 11 is 1.50. The molecule has 1 aliphatic heterocycles. The van der Waals surface area contributed by atoms with Crippen molar-refractivity contribution in [1.82, 2.24) is 20.2 Å². The van der Waals surface area contributed by atoms with Crippen molar-refractivity contribution in [3.05, 3.63) is 53.3 Å². The Bertz CT molecular complexity index is 829. The van der Waals surface area contributed by atoms with Crippen LogP contribution in [0.4, 0.5) is 13.2 Å². The molecule has 2 heterocycles. The maximum absolute atomic E-state index is 12.8. The number of carbonyl (C=O) groups is 1. The first kappa shape index (κ1) is 21.6. The molecule has 1 fully saturated rings. The molecule has 0 bridgehead atoms. The summed E-state index contributed by atoms with van der Waals surface area (Å²) in [5.41, 5.74) is 0.249. The van der Waals surface area contributed by atoms with E-state index in [1.54, 1.807) is 0 Å². The number of piperidine rings is 1. The Balaban J connectivity index is 1.52. The SMILES string of the molecule is CSc1ncc(CN2CCCC(CNC(=O)c3cccc(C(F)(F)F)c3)C2)cn1. The largest absolute Gasteiger partial charge is 0.416 e. The van der Waals surface area contributed by atoms with E-state index >= 15 is 0 Å². The highest BCUT2D eigenvalue weighted by Crippen LogP contribution is 2.29. The van der Waals surface area contributed by atoms with Crippen LogP contribution in [0.15, 0.2) is 41.8 Å². The molecule has 1 aliphatic rings. The molecular weight excluding hydrogens is 401 g/mol. The van der Waals surface area contributed by atoms with Crippen molar-refractivity contribution in [2.75, 3.05) is 25.9 Å². The van der Waals surface area contributed by atoms with Crippen LogP contribution in [0.25, 0.3) is 0 Å². The second-order valence-corrected chi connectivity index (χ2v) is 7.88. The Morgan fingerprint density at radius 1 is 1.31 bits per heavy atom. The number of hydrogen-bond acceptors (Lipinski definition) is 5. The van der Waals surface area contributed by atoms with Gasteiger partial charge in [0, 0.05) is 43.2 Å². The quantitative estimate of drug-likeness (QED) is 0.564. The number of amides is 1. The van der Waals surface area contributed by atoms with E-state index in [9.17, 15) is 18.0 Å². The monoisotopic (exact) mass is 424 g/mol. The summed E-state index contributed by atoms with van der Waals surface area (Å²) in [4.78, 5) is 23.2. The van der Waals surface area contributed by atoms with E-state index in [4.69, 9.17) is 0 Å². The molecule has 0 aliphatic carbocycles. The van der Waals surface area contributed by atoms with Gasteiger partial charge in [-0.15, -0.1) is 0 Å². The summed E-state index contributed by atoms with van der Waals surface area (Å²) in [5.74, 6) is -0.223. The van der Waals surface area contributed by atoms with Crippen LogP contribution in [-0.2, 0) is 12.7 Å². The Morgan fingerprint density at radius 2 is 2.07 bits per heavy atom. The number of likely N-dealkylation sites (tertiary alicyclic amines) is 1. The number of benzene rings is 1. The van der Waals surface area contributed by atoms with Crippen LogP contribution in [0.5, 0.6) is 0 Å². The fourth-order valence-corrected chi connectivity index (χ4v) is 3.74. The van der Waals surface area contributed by atoms with Gasteiger partial charge >= 0.3 is 6.18 Å². The van der Waals surface area contributed by atoms with Crippen molar-refractivity contribution in [1.29, 1.82) is 0 Å². The van der Waals surface area contributed by atoms with Gasteiger partial charge in [-0.2, -0.15) is 13.2 Å². The molecule has 0 radical (unpaired) electrons. The average Bonchev–Trinajstić information content (AvgIpc) is 2.72. The highest BCUT2D eigenvalue weighted by atomic mass is 32.2. The van der Waals surface area contributed by atoms with E-state index in [2.05, 4.69) is 20.2 Å². The maximum Gasteiger partial charge on any atom is 0.416 e. The van der Waals surface area contributed by atoms with Crippen molar-refractivity contribution < 1.29 is 18.0 Å². The first-order valence-electron chi connectivity index (χ1n) is 9.38. The summed E-state index contributed by atoms with van der Waals surface area (Å²) in [5, 5.41) is 3.52. The van der Waals surface area contributed by atoms with Gasteiger partial charge in [-0.25, -0.2) is 9.97 Å². The maximum atomic E-state index is 12.8. The lowest BCUT2D eigenvalue weighted by Crippen LogP contribution is -2.40. The number of nitrogens with zero attached hydrogens (tertiary/aromatic N) is 3. The van der Waals surface area contributed by atoms with Crippen LogP contribution in [0.1, 0.15) is 34.3 Å². The normalized spacial score (nSPS) is 17.9. The molecule has 1 N–H and O–H groups in total. The van der Waals surface area contributed by atoms with Gasteiger partial charge in [0.2, 0.25) is 0 Å². The van der Waals surface area contributed by atoms with E-state index in [0.29, 0.717) is 6.54 Å². The summed E-state index contributed by atoms with van der Waals surface area (Å²) in [6.45, 7) is 2.95. The topological polar surface area (TPSA) is 58.1 Å². The zero-order valence-corrected chi connectivity index (χ0v) is 16.9. The molecule has 1 saturated heterocycles. The Hall–Kier alpha value is -2.13. The number of alkyl halides is 3. The van der Waals surface area contributed by atoms with Gasteiger partial charge in [-0.1, -0.05) is 17.8 Å². The minimum atomic E-state index is -4.46. The van der Waals surface area contributed by atoms with Crippen molar-refractivity contribution >= 4 is 17.7 Å². The van der Waals surface area contributed by atoms with Crippen molar-refractivity contribution in [3.63, 3.8) is 0 Å². The van der Waals surface area contributed by atoms with Crippen molar-refractivity contribution in [2.24, 2.45) is 5.92 Å². The molecule has 1 unspecified atom stereocenters. The number of rotatable bonds is 6. The van der Waals surface area contributed by atoms with E-state index in [1.807, 2.05) is 18.6 Å². The molecule has 2 aromatic rings. The Morgan fingerprint density at radius 3 is 2.76 bits per heavy atom. The number of aromatic nitrogens is 2. The number of nitrogens with one attached hydrogen (secondary N) is 1. The second kappa shape index (κ2) is 9.58. The van der Waals surface area contributed by atoms with Crippen LogP contribution in [-0.4, -0.2) is 46.7 Å². The molecule has 0 saturated carbocycles. The Kier molecular flexibility index (Phi) is 7.13. The predicted molar refractivity (Wildman–Crippen MR) is 106 cm³/mol. The average molecular weight is 424 g/mol. The first-order chi connectivity index (χ1) is 13.8. The zero-order chi connectivity index (χ0) is 20.9. The fraction of sp³-hybridized carbons (Fsp3) is 0.450. The first-order valence-corrected chi connectivity index (χ1v) is 10.6. The minimum absolute atomic E-state index is 0.0264. The van der Waals surface area contributed by atoms with Gasteiger partial charge in [-0.3, -0.25) is 9.69 Å². The van der Waals surface area contributed by atoms with E-state index in [-0.39, 0.29) is 11.5 Å². The summed E-state index contributed by atoms with van der Waals surface area (Å²) in [6, 6.07) is 4.51. The third-order valence-corrected chi connectivity index (χ3v) is 5.45. The van der Waals surface area contributed by atoms with Crippen LogP contribution in [0.3, 0.4) is 0 Å².